The lowest BCUT2D eigenvalue weighted by molar-refractivity contribution is 0.340. The Balaban J connectivity index is 1.21. The van der Waals surface area contributed by atoms with E-state index in [1.807, 2.05) is 64.1 Å². The molecule has 0 saturated carbocycles. The molecule has 0 aliphatic rings. The summed E-state index contributed by atoms with van der Waals surface area (Å²) >= 11 is 0. The number of benzene rings is 4. The van der Waals surface area contributed by atoms with Gasteiger partial charge in [0.2, 0.25) is 0 Å². The Bertz CT molecular complexity index is 1730. The second-order valence-corrected chi connectivity index (χ2v) is 10.3. The van der Waals surface area contributed by atoms with E-state index in [0.29, 0.717) is 13.2 Å². The summed E-state index contributed by atoms with van der Waals surface area (Å²) in [7, 11) is 0. The van der Waals surface area contributed by atoms with E-state index < -0.39 is 0 Å². The topological polar surface area (TPSA) is 68.3 Å². The number of aromatic nitrogens is 2. The molecule has 0 bridgehead atoms. The minimum absolute atomic E-state index is 0.627. The number of pyridine rings is 2. The smallest absolute Gasteiger partial charge is 0.120 e. The molecule has 6 nitrogen and oxygen atoms in total. The van der Waals surface area contributed by atoms with Crippen LogP contribution in [0.15, 0.2) is 97.1 Å². The van der Waals surface area contributed by atoms with E-state index in [1.165, 1.54) is 0 Å². The van der Waals surface area contributed by atoms with E-state index in [-0.39, 0.29) is 0 Å². The van der Waals surface area contributed by atoms with E-state index in [9.17, 15) is 0 Å². The zero-order valence-corrected chi connectivity index (χ0v) is 24.4. The van der Waals surface area contributed by atoms with Gasteiger partial charge in [-0.25, -0.2) is 0 Å². The van der Waals surface area contributed by atoms with Gasteiger partial charge in [0, 0.05) is 44.9 Å². The largest absolute Gasteiger partial charge is 0.494 e. The second-order valence-electron chi connectivity index (χ2n) is 10.3. The number of ether oxygens (including phenoxy) is 2. The number of aryl methyl sites for hydroxylation is 2. The van der Waals surface area contributed by atoms with Crippen molar-refractivity contribution in [2.45, 2.75) is 27.7 Å². The molecule has 2 N–H and O–H groups in total. The quantitative estimate of drug-likeness (QED) is 0.186. The van der Waals surface area contributed by atoms with Crippen molar-refractivity contribution >= 4 is 44.6 Å². The summed E-state index contributed by atoms with van der Waals surface area (Å²) in [4.78, 5) is 9.37. The Labute approximate surface area is 246 Å². The molecule has 42 heavy (non-hydrogen) atoms. The van der Waals surface area contributed by atoms with Gasteiger partial charge in [0.15, 0.2) is 0 Å². The first-order chi connectivity index (χ1) is 20.5. The van der Waals surface area contributed by atoms with Crippen LogP contribution in [0.1, 0.15) is 25.2 Å². The molecule has 6 heteroatoms. The van der Waals surface area contributed by atoms with Gasteiger partial charge in [-0.1, -0.05) is 24.3 Å². The van der Waals surface area contributed by atoms with Crippen LogP contribution in [-0.4, -0.2) is 23.2 Å². The van der Waals surface area contributed by atoms with Crippen LogP contribution in [-0.2, 0) is 0 Å². The van der Waals surface area contributed by atoms with Crippen LogP contribution < -0.4 is 20.1 Å². The first-order valence-electron chi connectivity index (χ1n) is 14.3. The third-order valence-corrected chi connectivity index (χ3v) is 7.10. The third-order valence-electron chi connectivity index (χ3n) is 7.10. The molecule has 6 rings (SSSR count). The maximum absolute atomic E-state index is 5.73. The first-order valence-corrected chi connectivity index (χ1v) is 14.3. The average molecular weight is 555 g/mol. The lowest BCUT2D eigenvalue weighted by Crippen LogP contribution is -1.97. The minimum atomic E-state index is 0.627. The summed E-state index contributed by atoms with van der Waals surface area (Å²) in [6.45, 7) is 9.26. The molecule has 6 aromatic rings. The zero-order chi connectivity index (χ0) is 29.1. The Morgan fingerprint density at radius 2 is 0.929 bits per heavy atom. The molecule has 4 aromatic carbocycles. The molecule has 0 spiro atoms. The fourth-order valence-corrected chi connectivity index (χ4v) is 5.20. The number of hydrogen-bond acceptors (Lipinski definition) is 6. The molecule has 0 amide bonds. The van der Waals surface area contributed by atoms with Gasteiger partial charge in [-0.15, -0.1) is 0 Å². The Hall–Kier alpha value is -5.10. The fourth-order valence-electron chi connectivity index (χ4n) is 5.20. The number of nitrogens with zero attached hydrogens (tertiary/aromatic N) is 2. The van der Waals surface area contributed by atoms with Crippen LogP contribution in [0.2, 0.25) is 0 Å². The molecule has 0 fully saturated rings. The summed E-state index contributed by atoms with van der Waals surface area (Å²) in [5.74, 6) is 1.68. The van der Waals surface area contributed by atoms with Gasteiger partial charge in [-0.3, -0.25) is 9.97 Å². The number of anilines is 4. The summed E-state index contributed by atoms with van der Waals surface area (Å²) in [6, 6.07) is 33.2. The monoisotopic (exact) mass is 554 g/mol. The van der Waals surface area contributed by atoms with Gasteiger partial charge in [0.25, 0.3) is 0 Å². The lowest BCUT2D eigenvalue weighted by Gasteiger charge is -2.14. The molecule has 0 aliphatic carbocycles. The van der Waals surface area contributed by atoms with Gasteiger partial charge in [-0.05, 0) is 112 Å². The Morgan fingerprint density at radius 3 is 1.31 bits per heavy atom. The first kappa shape index (κ1) is 27.1. The Kier molecular flexibility index (Phi) is 7.60. The van der Waals surface area contributed by atoms with Crippen molar-refractivity contribution in [3.8, 4) is 22.6 Å². The summed E-state index contributed by atoms with van der Waals surface area (Å²) in [5.41, 5.74) is 10.1. The molecule has 0 saturated heterocycles. The molecule has 2 aromatic heterocycles. The molecule has 0 atom stereocenters. The highest BCUT2D eigenvalue weighted by atomic mass is 16.5. The van der Waals surface area contributed by atoms with Gasteiger partial charge in [-0.2, -0.15) is 0 Å². The van der Waals surface area contributed by atoms with Crippen LogP contribution in [0.5, 0.6) is 11.5 Å². The van der Waals surface area contributed by atoms with E-state index in [2.05, 4.69) is 81.3 Å². The molecule has 0 unspecified atom stereocenters. The van der Waals surface area contributed by atoms with Crippen molar-refractivity contribution in [3.63, 3.8) is 0 Å². The number of rotatable bonds is 9. The summed E-state index contributed by atoms with van der Waals surface area (Å²) in [5, 5.41) is 9.23. The SMILES string of the molecule is CCOc1ccc2nc(C)cc(Nc3ccc(-c4ccc(Nc5cc(C)nc6ccc(OCC)cc56)cc4)cc3)c2c1. The second kappa shape index (κ2) is 11.8. The molecule has 0 aliphatic heterocycles. The Morgan fingerprint density at radius 1 is 0.524 bits per heavy atom. The van der Waals surface area contributed by atoms with Crippen molar-refractivity contribution in [1.82, 2.24) is 9.97 Å². The van der Waals surface area contributed by atoms with Gasteiger partial charge >= 0.3 is 0 Å². The predicted octanol–water partition coefficient (Wildman–Crippen LogP) is 9.35. The van der Waals surface area contributed by atoms with E-state index >= 15 is 0 Å². The highest BCUT2D eigenvalue weighted by Crippen LogP contribution is 2.33. The van der Waals surface area contributed by atoms with Crippen molar-refractivity contribution in [3.05, 3.63) is 108 Å². The molecule has 2 heterocycles. The molecule has 0 radical (unpaired) electrons. The van der Waals surface area contributed by atoms with E-state index in [1.54, 1.807) is 0 Å². The average Bonchev–Trinajstić information content (AvgIpc) is 2.99. The van der Waals surface area contributed by atoms with Gasteiger partial charge in [0.05, 0.1) is 24.2 Å². The zero-order valence-electron chi connectivity index (χ0n) is 24.4. The summed E-state index contributed by atoms with van der Waals surface area (Å²) in [6.07, 6.45) is 0. The number of fused-ring (bicyclic) bond motifs is 2. The van der Waals surface area contributed by atoms with Crippen LogP contribution in [0.3, 0.4) is 0 Å². The van der Waals surface area contributed by atoms with Crippen molar-refractivity contribution < 1.29 is 9.47 Å². The normalized spacial score (nSPS) is 11.0. The number of nitrogens with one attached hydrogen (secondary N) is 2. The summed E-state index contributed by atoms with van der Waals surface area (Å²) < 4.78 is 11.5. The van der Waals surface area contributed by atoms with Crippen LogP contribution in [0.4, 0.5) is 22.7 Å². The fraction of sp³-hybridized carbons (Fsp3) is 0.167. The highest BCUT2D eigenvalue weighted by Gasteiger charge is 2.09. The standard InChI is InChI=1S/C36H34N4O2/c1-5-41-29-15-17-33-31(21-29)35(19-23(3)37-33)39-27-11-7-25(8-12-27)26-9-13-28(14-10-26)40-36-20-24(4)38-34-18-16-30(42-6-2)22-32(34)36/h7-22H,5-6H2,1-4H3,(H,37,39)(H,38,40). The van der Waals surface area contributed by atoms with Crippen LogP contribution in [0.25, 0.3) is 32.9 Å². The van der Waals surface area contributed by atoms with E-state index in [0.717, 1.165) is 78.6 Å². The third kappa shape index (κ3) is 5.84. The van der Waals surface area contributed by atoms with Gasteiger partial charge < -0.3 is 20.1 Å². The highest BCUT2D eigenvalue weighted by molar-refractivity contribution is 5.95. The van der Waals surface area contributed by atoms with Crippen LogP contribution in [0, 0.1) is 13.8 Å². The molecular weight excluding hydrogens is 520 g/mol. The van der Waals surface area contributed by atoms with Crippen molar-refractivity contribution in [2.75, 3.05) is 23.8 Å². The van der Waals surface area contributed by atoms with Crippen molar-refractivity contribution in [2.24, 2.45) is 0 Å². The predicted molar refractivity (Wildman–Crippen MR) is 174 cm³/mol. The maximum Gasteiger partial charge on any atom is 0.120 e. The maximum atomic E-state index is 5.73. The number of hydrogen-bond donors (Lipinski definition) is 2. The van der Waals surface area contributed by atoms with E-state index in [4.69, 9.17) is 9.47 Å². The van der Waals surface area contributed by atoms with Gasteiger partial charge in [0.1, 0.15) is 11.5 Å². The van der Waals surface area contributed by atoms with Crippen LogP contribution >= 0.6 is 0 Å². The molecular formula is C36H34N4O2. The lowest BCUT2D eigenvalue weighted by atomic mass is 10.0. The molecule has 210 valence electrons. The minimum Gasteiger partial charge on any atom is -0.494 e. The van der Waals surface area contributed by atoms with Crippen molar-refractivity contribution in [1.29, 1.82) is 0 Å².